The van der Waals surface area contributed by atoms with Crippen LogP contribution in [0.5, 0.6) is 0 Å². The normalized spacial score (nSPS) is 13.8. The van der Waals surface area contributed by atoms with Crippen LogP contribution in [0, 0.1) is 0 Å². The van der Waals surface area contributed by atoms with Gasteiger partial charge in [0.15, 0.2) is 0 Å². The van der Waals surface area contributed by atoms with Gasteiger partial charge in [-0.1, -0.05) is 50.6 Å². The van der Waals surface area contributed by atoms with E-state index in [-0.39, 0.29) is 24.3 Å². The van der Waals surface area contributed by atoms with Gasteiger partial charge < -0.3 is 0 Å². The number of benzene rings is 4. The Morgan fingerprint density at radius 1 is 0.231 bits per heavy atom. The third-order valence-electron chi connectivity index (χ3n) is 9.71. The van der Waals surface area contributed by atoms with Gasteiger partial charge in [0.25, 0.3) is 0 Å². The first-order chi connectivity index (χ1) is 29.1. The molecule has 0 aliphatic carbocycles. The van der Waals surface area contributed by atoms with Gasteiger partial charge in [0, 0.05) is 0 Å². The predicted octanol–water partition coefficient (Wildman–Crippen LogP) is 16.8. The lowest BCUT2D eigenvalue weighted by molar-refractivity contribution is -0.144. The Balaban J connectivity index is 2.82. The molecule has 0 spiro atoms. The van der Waals surface area contributed by atoms with Crippen molar-refractivity contribution >= 4 is 24.3 Å². The van der Waals surface area contributed by atoms with Crippen molar-refractivity contribution in [2.45, 2.75) is 54.8 Å². The van der Waals surface area contributed by atoms with E-state index in [9.17, 15) is 105 Å². The van der Waals surface area contributed by atoms with Crippen molar-refractivity contribution in [2.24, 2.45) is 0 Å². The van der Waals surface area contributed by atoms with Crippen molar-refractivity contribution in [2.75, 3.05) is 0 Å². The lowest BCUT2D eigenvalue weighted by Gasteiger charge is -2.40. The summed E-state index contributed by atoms with van der Waals surface area (Å²) in [4.78, 5) is 0. The second kappa shape index (κ2) is 16.2. The molecule has 0 atom stereocenters. The molecular weight excluding hydrogens is 948 g/mol. The molecule has 0 aromatic heterocycles. The molecule has 0 saturated carbocycles. The molecule has 0 nitrogen and oxygen atoms in total. The zero-order valence-corrected chi connectivity index (χ0v) is 31.3. The molecule has 0 radical (unpaired) electrons. The van der Waals surface area contributed by atoms with Crippen LogP contribution in [0.4, 0.5) is 105 Å². The van der Waals surface area contributed by atoms with Crippen molar-refractivity contribution in [3.63, 3.8) is 0 Å². The van der Waals surface area contributed by atoms with E-state index in [0.29, 0.717) is 0 Å². The van der Waals surface area contributed by atoms with Crippen molar-refractivity contribution in [1.29, 1.82) is 0 Å². The van der Waals surface area contributed by atoms with Crippen molar-refractivity contribution in [1.82, 2.24) is 0 Å². The van der Waals surface area contributed by atoms with Gasteiger partial charge in [0.1, 0.15) is 0 Å². The summed E-state index contributed by atoms with van der Waals surface area (Å²) in [6.45, 7) is 11.0. The van der Waals surface area contributed by atoms with Crippen LogP contribution < -0.4 is 0 Å². The van der Waals surface area contributed by atoms with E-state index in [0.717, 1.165) is 0 Å². The minimum Gasteiger partial charge on any atom is -0.166 e. The van der Waals surface area contributed by atoms with Crippen LogP contribution in [0.2, 0.25) is 0 Å². The molecule has 24 heteroatoms. The predicted molar refractivity (Wildman–Crippen MR) is 185 cm³/mol. The maximum absolute atomic E-state index is 14.9. The first kappa shape index (κ1) is 51.8. The van der Waals surface area contributed by atoms with Gasteiger partial charge in [-0.2, -0.15) is 105 Å². The van der Waals surface area contributed by atoms with Crippen LogP contribution in [0.1, 0.15) is 89.0 Å². The maximum atomic E-state index is 14.9. The molecule has 0 fully saturated rings. The van der Waals surface area contributed by atoms with Crippen LogP contribution in [0.25, 0.3) is 24.3 Å². The van der Waals surface area contributed by atoms with E-state index >= 15 is 0 Å². The first-order valence-corrected chi connectivity index (χ1v) is 16.9. The summed E-state index contributed by atoms with van der Waals surface area (Å²) in [6.07, 6.45) is -51.0. The molecule has 0 amide bonds. The second-order valence-electron chi connectivity index (χ2n) is 13.5. The zero-order valence-electron chi connectivity index (χ0n) is 31.3. The molecular formula is C41H20F24. The van der Waals surface area contributed by atoms with Crippen LogP contribution >= 0.6 is 0 Å². The molecule has 0 unspecified atom stereocenters. The quantitative estimate of drug-likeness (QED) is 0.122. The fourth-order valence-electron chi connectivity index (χ4n) is 7.23. The van der Waals surface area contributed by atoms with E-state index in [1.807, 2.05) is 0 Å². The van der Waals surface area contributed by atoms with E-state index < -0.39 is 192 Å². The molecule has 0 heterocycles. The highest BCUT2D eigenvalue weighted by Gasteiger charge is 2.53. The average molecular weight is 969 g/mol. The Kier molecular flexibility index (Phi) is 12.9. The maximum Gasteiger partial charge on any atom is 0.417 e. The molecule has 4 aromatic rings. The van der Waals surface area contributed by atoms with Gasteiger partial charge in [-0.25, -0.2) is 0 Å². The highest BCUT2D eigenvalue weighted by atomic mass is 19.4. The van der Waals surface area contributed by atoms with E-state index in [1.54, 1.807) is 0 Å². The van der Waals surface area contributed by atoms with Crippen LogP contribution in [-0.2, 0) is 54.8 Å². The highest BCUT2D eigenvalue weighted by molar-refractivity contribution is 5.73. The summed E-state index contributed by atoms with van der Waals surface area (Å²) in [5, 5.41) is 0. The molecule has 4 aromatic carbocycles. The van der Waals surface area contributed by atoms with Crippen molar-refractivity contribution < 1.29 is 105 Å². The molecule has 352 valence electrons. The summed E-state index contributed by atoms with van der Waals surface area (Å²) in [5.74, 6) is 0. The van der Waals surface area contributed by atoms with Gasteiger partial charge in [-0.05, 0) is 93.0 Å². The Hall–Kier alpha value is -5.84. The Morgan fingerprint density at radius 3 is 0.415 bits per heavy atom. The Bertz CT molecular complexity index is 2040. The van der Waals surface area contributed by atoms with Gasteiger partial charge in [-0.15, -0.1) is 0 Å². The number of alkyl halides is 24. The molecule has 0 aliphatic rings. The minimum atomic E-state index is -6.27. The molecule has 0 aliphatic heterocycles. The summed E-state index contributed by atoms with van der Waals surface area (Å²) in [5.41, 5.74) is -44.7. The van der Waals surface area contributed by atoms with Crippen LogP contribution in [0.15, 0.2) is 74.8 Å². The highest BCUT2D eigenvalue weighted by Crippen LogP contribution is 2.56. The second-order valence-corrected chi connectivity index (χ2v) is 13.5. The van der Waals surface area contributed by atoms with Gasteiger partial charge in [-0.3, -0.25) is 0 Å². The minimum absolute atomic E-state index is 0.218. The average Bonchev–Trinajstić information content (AvgIpc) is 3.13. The smallest absolute Gasteiger partial charge is 0.166 e. The fraction of sp³-hybridized carbons (Fsp3) is 0.220. The molecule has 4 rings (SSSR count). The van der Waals surface area contributed by atoms with E-state index in [2.05, 4.69) is 26.3 Å². The SMILES string of the molecule is C=Cc1c(C(F)(F)F)cc(C(c2cc(C(F)(F)F)c(C=C)c(C(F)(F)F)c2)(c2cc(C(F)(F)F)c(C=C)c(C(F)(F)F)c2)c2cc(C(F)(F)F)c(C=C)c(C(F)(F)F)c2)cc1C(F)(F)F. The Labute approximate surface area is 348 Å². The van der Waals surface area contributed by atoms with E-state index in [1.165, 1.54) is 0 Å². The third-order valence-corrected chi connectivity index (χ3v) is 9.71. The summed E-state index contributed by atoms with van der Waals surface area (Å²) < 4.78 is 357. The number of rotatable bonds is 8. The van der Waals surface area contributed by atoms with Crippen LogP contribution in [0.3, 0.4) is 0 Å². The zero-order chi connectivity index (χ0) is 50.2. The van der Waals surface area contributed by atoms with Crippen molar-refractivity contribution in [3.05, 3.63) is 164 Å². The van der Waals surface area contributed by atoms with Crippen molar-refractivity contribution in [3.8, 4) is 0 Å². The number of hydrogen-bond acceptors (Lipinski definition) is 0. The first-order valence-electron chi connectivity index (χ1n) is 16.9. The molecule has 65 heavy (non-hydrogen) atoms. The Morgan fingerprint density at radius 2 is 0.338 bits per heavy atom. The lowest BCUT2D eigenvalue weighted by Crippen LogP contribution is -2.35. The fourth-order valence-corrected chi connectivity index (χ4v) is 7.23. The third kappa shape index (κ3) is 9.61. The van der Waals surface area contributed by atoms with Gasteiger partial charge in [0.2, 0.25) is 0 Å². The molecule has 0 saturated heterocycles. The molecule has 0 N–H and O–H groups in total. The molecule has 0 bridgehead atoms. The summed E-state index contributed by atoms with van der Waals surface area (Å²) >= 11 is 0. The topological polar surface area (TPSA) is 0 Å². The van der Waals surface area contributed by atoms with Gasteiger partial charge in [0.05, 0.1) is 49.9 Å². The monoisotopic (exact) mass is 968 g/mol. The summed E-state index contributed by atoms with van der Waals surface area (Å²) in [7, 11) is 0. The van der Waals surface area contributed by atoms with E-state index in [4.69, 9.17) is 0 Å². The number of hydrogen-bond donors (Lipinski definition) is 0. The largest absolute Gasteiger partial charge is 0.417 e. The van der Waals surface area contributed by atoms with Gasteiger partial charge >= 0.3 is 49.4 Å². The lowest BCUT2D eigenvalue weighted by atomic mass is 9.62. The standard InChI is InChI=1S/C41H20F24/c1-5-21-25(34(42,43)44)9-17(10-26(21)35(45,46)47)33(18-11-27(36(48,49)50)22(6-2)28(12-18)37(51,52)53,19-13-29(38(54,55)56)23(7-3)30(14-19)39(57,58)59)20-15-31(40(60,61)62)24(8-4)32(16-20)41(63,64)65/h5-16H,1-4H2. The summed E-state index contributed by atoms with van der Waals surface area (Å²) in [6, 6.07) is -5.90. The van der Waals surface area contributed by atoms with Crippen LogP contribution in [-0.4, -0.2) is 0 Å². The number of halogens is 24.